The quantitative estimate of drug-likeness (QED) is 0.273. The van der Waals surface area contributed by atoms with Crippen LogP contribution in [-0.2, 0) is 14.5 Å². The number of hydrogen-bond acceptors (Lipinski definition) is 5. The minimum absolute atomic E-state index is 0.210. The van der Waals surface area contributed by atoms with E-state index in [0.29, 0.717) is 0 Å². The smallest absolute Gasteiger partial charge is 0.433 e. The van der Waals surface area contributed by atoms with Crippen molar-refractivity contribution >= 4 is 6.16 Å². The number of carbonyl (C=O) groups is 1. The molecule has 0 aliphatic heterocycles. The molecular weight excluding hydrogens is 140 g/mol. The van der Waals surface area contributed by atoms with Gasteiger partial charge in [0.2, 0.25) is 0 Å². The monoisotopic (exact) mass is 150 g/mol. The molecule has 0 radical (unpaired) electrons. The lowest BCUT2D eigenvalue weighted by Crippen LogP contribution is -2.13. The number of rotatable bonds is 3. The molecule has 0 aromatic rings. The van der Waals surface area contributed by atoms with Crippen molar-refractivity contribution < 1.29 is 24.4 Å². The van der Waals surface area contributed by atoms with Gasteiger partial charge in [-0.05, 0) is 13.8 Å². The molecule has 0 heterocycles. The van der Waals surface area contributed by atoms with Crippen molar-refractivity contribution in [3.05, 3.63) is 0 Å². The Labute approximate surface area is 58.4 Å². The van der Waals surface area contributed by atoms with Gasteiger partial charge < -0.3 is 9.84 Å². The first-order valence-corrected chi connectivity index (χ1v) is 2.85. The third kappa shape index (κ3) is 5.33. The Hall–Kier alpha value is -0.810. The van der Waals surface area contributed by atoms with Crippen LogP contribution in [0.4, 0.5) is 4.79 Å². The molecule has 0 fully saturated rings. The first kappa shape index (κ1) is 9.19. The molecule has 10 heavy (non-hydrogen) atoms. The van der Waals surface area contributed by atoms with Crippen LogP contribution in [0, 0.1) is 0 Å². The van der Waals surface area contributed by atoms with E-state index in [-0.39, 0.29) is 6.61 Å². The van der Waals surface area contributed by atoms with Crippen LogP contribution in [0.2, 0.25) is 0 Å². The first-order chi connectivity index (χ1) is 4.66. The molecule has 0 saturated heterocycles. The molecule has 1 unspecified atom stereocenters. The molecule has 0 amide bonds. The van der Waals surface area contributed by atoms with E-state index < -0.39 is 12.4 Å². The van der Waals surface area contributed by atoms with E-state index in [0.717, 1.165) is 0 Å². The first-order valence-electron chi connectivity index (χ1n) is 2.85. The maximum atomic E-state index is 10.3. The zero-order chi connectivity index (χ0) is 7.98. The van der Waals surface area contributed by atoms with Crippen LogP contribution in [-0.4, -0.2) is 24.2 Å². The number of carbonyl (C=O) groups excluding carboxylic acids is 1. The molecule has 5 nitrogen and oxygen atoms in total. The number of aliphatic hydroxyl groups is 1. The summed E-state index contributed by atoms with van der Waals surface area (Å²) in [5, 5.41) is 8.41. The maximum Gasteiger partial charge on any atom is 0.540 e. The Morgan fingerprint density at radius 2 is 2.30 bits per heavy atom. The van der Waals surface area contributed by atoms with Crippen molar-refractivity contribution in [1.82, 2.24) is 0 Å². The minimum Gasteiger partial charge on any atom is -0.433 e. The molecular formula is C5H10O5. The highest BCUT2D eigenvalue weighted by Gasteiger charge is 2.04. The summed E-state index contributed by atoms with van der Waals surface area (Å²) >= 11 is 0. The van der Waals surface area contributed by atoms with Gasteiger partial charge in [0, 0.05) is 0 Å². The molecule has 0 aromatic carbocycles. The highest BCUT2D eigenvalue weighted by Crippen LogP contribution is 1.89. The summed E-state index contributed by atoms with van der Waals surface area (Å²) in [5.74, 6) is 0. The molecule has 1 N–H and O–H groups in total. The zero-order valence-corrected chi connectivity index (χ0v) is 5.86. The molecule has 0 saturated carbocycles. The fourth-order valence-electron chi connectivity index (χ4n) is 0.251. The van der Waals surface area contributed by atoms with Gasteiger partial charge in [0.05, 0.1) is 6.61 Å². The molecule has 1 atom stereocenters. The predicted octanol–water partition coefficient (Wildman–Crippen LogP) is 0.429. The molecule has 0 aliphatic rings. The summed E-state index contributed by atoms with van der Waals surface area (Å²) in [6, 6.07) is 0. The second kappa shape index (κ2) is 5.01. The average molecular weight is 150 g/mol. The van der Waals surface area contributed by atoms with Crippen LogP contribution in [0.5, 0.6) is 0 Å². The van der Waals surface area contributed by atoms with Gasteiger partial charge in [-0.2, -0.15) is 4.89 Å². The predicted molar refractivity (Wildman–Crippen MR) is 30.9 cm³/mol. The van der Waals surface area contributed by atoms with Gasteiger partial charge in [0.15, 0.2) is 6.29 Å². The minimum atomic E-state index is -1.13. The number of aliphatic hydroxyl groups excluding tert-OH is 1. The van der Waals surface area contributed by atoms with Crippen LogP contribution in [0.15, 0.2) is 0 Å². The summed E-state index contributed by atoms with van der Waals surface area (Å²) in [7, 11) is 0. The van der Waals surface area contributed by atoms with Gasteiger partial charge in [0.1, 0.15) is 0 Å². The SMILES string of the molecule is CCOC(=O)OOC(C)O. The third-order valence-electron chi connectivity index (χ3n) is 0.518. The lowest BCUT2D eigenvalue weighted by atomic mass is 10.8. The molecule has 0 aliphatic carbocycles. The Balaban J connectivity index is 3.22. The van der Waals surface area contributed by atoms with Crippen LogP contribution in [0.1, 0.15) is 13.8 Å². The summed E-state index contributed by atoms with van der Waals surface area (Å²) in [4.78, 5) is 18.2. The van der Waals surface area contributed by atoms with Crippen molar-refractivity contribution in [2.75, 3.05) is 6.61 Å². The van der Waals surface area contributed by atoms with Gasteiger partial charge in [-0.25, -0.2) is 4.79 Å². The average Bonchev–Trinajstić information content (AvgIpc) is 1.85. The summed E-state index contributed by atoms with van der Waals surface area (Å²) in [6.45, 7) is 3.14. The third-order valence-corrected chi connectivity index (χ3v) is 0.518. The normalized spacial score (nSPS) is 12.3. The van der Waals surface area contributed by atoms with Crippen LogP contribution >= 0.6 is 0 Å². The maximum absolute atomic E-state index is 10.3. The Morgan fingerprint density at radius 1 is 1.70 bits per heavy atom. The summed E-state index contributed by atoms with van der Waals surface area (Å²) < 4.78 is 4.30. The lowest BCUT2D eigenvalue weighted by molar-refractivity contribution is -0.330. The van der Waals surface area contributed by atoms with Gasteiger partial charge in [-0.1, -0.05) is 0 Å². The number of hydrogen-bond donors (Lipinski definition) is 1. The van der Waals surface area contributed by atoms with Crippen LogP contribution in [0.25, 0.3) is 0 Å². The van der Waals surface area contributed by atoms with Crippen molar-refractivity contribution in [3.8, 4) is 0 Å². The van der Waals surface area contributed by atoms with E-state index >= 15 is 0 Å². The highest BCUT2D eigenvalue weighted by atomic mass is 17.2. The Bertz CT molecular complexity index is 100. The van der Waals surface area contributed by atoms with Crippen LogP contribution in [0.3, 0.4) is 0 Å². The van der Waals surface area contributed by atoms with Crippen molar-refractivity contribution in [1.29, 1.82) is 0 Å². The zero-order valence-electron chi connectivity index (χ0n) is 5.86. The van der Waals surface area contributed by atoms with E-state index in [1.54, 1.807) is 6.92 Å². The molecule has 0 rings (SSSR count). The topological polar surface area (TPSA) is 65.0 Å². The molecule has 0 bridgehead atoms. The summed E-state index contributed by atoms with van der Waals surface area (Å²) in [6.07, 6.45) is -2.09. The van der Waals surface area contributed by atoms with Crippen molar-refractivity contribution in [2.45, 2.75) is 20.1 Å². The lowest BCUT2D eigenvalue weighted by Gasteiger charge is -2.03. The number of ether oxygens (including phenoxy) is 1. The van der Waals surface area contributed by atoms with E-state index in [9.17, 15) is 4.79 Å². The van der Waals surface area contributed by atoms with Crippen molar-refractivity contribution in [2.24, 2.45) is 0 Å². The summed E-state index contributed by atoms with van der Waals surface area (Å²) in [5.41, 5.74) is 0. The Morgan fingerprint density at radius 3 is 2.70 bits per heavy atom. The Kier molecular flexibility index (Phi) is 4.61. The second-order valence-corrected chi connectivity index (χ2v) is 1.46. The van der Waals surface area contributed by atoms with Gasteiger partial charge >= 0.3 is 6.16 Å². The van der Waals surface area contributed by atoms with Crippen LogP contribution < -0.4 is 0 Å². The van der Waals surface area contributed by atoms with E-state index in [1.165, 1.54) is 6.92 Å². The van der Waals surface area contributed by atoms with Gasteiger partial charge in [-0.15, -0.1) is 0 Å². The van der Waals surface area contributed by atoms with Crippen molar-refractivity contribution in [3.63, 3.8) is 0 Å². The standard InChI is InChI=1S/C5H10O5/c1-3-8-5(7)10-9-4(2)6/h4,6H,3H2,1-2H3. The van der Waals surface area contributed by atoms with Gasteiger partial charge in [-0.3, -0.25) is 4.89 Å². The fourth-order valence-corrected chi connectivity index (χ4v) is 0.251. The molecule has 5 heteroatoms. The fraction of sp³-hybridized carbons (Fsp3) is 0.800. The van der Waals surface area contributed by atoms with E-state index in [1.807, 2.05) is 0 Å². The molecule has 60 valence electrons. The second-order valence-electron chi connectivity index (χ2n) is 1.46. The van der Waals surface area contributed by atoms with Gasteiger partial charge in [0.25, 0.3) is 0 Å². The van der Waals surface area contributed by atoms with E-state index in [4.69, 9.17) is 5.11 Å². The largest absolute Gasteiger partial charge is 0.540 e. The molecule has 0 spiro atoms. The highest BCUT2D eigenvalue weighted by molar-refractivity contribution is 5.58. The molecule has 0 aromatic heterocycles. The van der Waals surface area contributed by atoms with E-state index in [2.05, 4.69) is 14.5 Å².